The summed E-state index contributed by atoms with van der Waals surface area (Å²) < 4.78 is 7.40. The minimum Gasteiger partial charge on any atom is -0.491 e. The summed E-state index contributed by atoms with van der Waals surface area (Å²) in [6.45, 7) is 3.20. The molecule has 6 nitrogen and oxygen atoms in total. The number of carbonyl (C=O) groups excluding carboxylic acids is 1. The summed E-state index contributed by atoms with van der Waals surface area (Å²) in [4.78, 5) is 11.5. The van der Waals surface area contributed by atoms with Gasteiger partial charge in [0.2, 0.25) is 0 Å². The molecule has 0 aliphatic rings. The topological polar surface area (TPSA) is 83.0 Å². The molecule has 2 aromatic rings. The second kappa shape index (κ2) is 7.54. The van der Waals surface area contributed by atoms with Crippen molar-refractivity contribution in [1.29, 1.82) is 0 Å². The molecule has 0 atom stereocenters. The maximum absolute atomic E-state index is 11.5. The van der Waals surface area contributed by atoms with Crippen LogP contribution >= 0.6 is 0 Å². The third-order valence-electron chi connectivity index (χ3n) is 3.07. The summed E-state index contributed by atoms with van der Waals surface area (Å²) in [5.74, 6) is 0.601. The van der Waals surface area contributed by atoms with E-state index in [2.05, 4.69) is 10.3 Å². The van der Waals surface area contributed by atoms with Crippen LogP contribution in [0.15, 0.2) is 30.5 Å². The van der Waals surface area contributed by atoms with Crippen molar-refractivity contribution in [2.75, 3.05) is 13.2 Å². The van der Waals surface area contributed by atoms with Crippen molar-refractivity contribution < 1.29 is 9.53 Å². The predicted octanol–water partition coefficient (Wildman–Crippen LogP) is 1.45. The zero-order valence-corrected chi connectivity index (χ0v) is 12.2. The number of rotatable bonds is 8. The van der Waals surface area contributed by atoms with Crippen molar-refractivity contribution >= 4 is 5.78 Å². The van der Waals surface area contributed by atoms with Gasteiger partial charge in [-0.1, -0.05) is 17.3 Å². The van der Waals surface area contributed by atoms with Crippen LogP contribution in [0.3, 0.4) is 0 Å². The van der Waals surface area contributed by atoms with Gasteiger partial charge in [0.1, 0.15) is 12.4 Å². The number of Topliss-reactive ketones (excluding diaryl/α,β-unsaturated/α-hetero) is 1. The number of para-hydroxylation sites is 1. The lowest BCUT2D eigenvalue weighted by atomic mass is 10.1. The maximum atomic E-state index is 11.5. The van der Waals surface area contributed by atoms with Gasteiger partial charge >= 0.3 is 0 Å². The number of benzene rings is 1. The molecule has 0 bridgehead atoms. The minimum atomic E-state index is -0.00423. The van der Waals surface area contributed by atoms with Crippen molar-refractivity contribution in [1.82, 2.24) is 15.0 Å². The summed E-state index contributed by atoms with van der Waals surface area (Å²) in [7, 11) is 0. The summed E-state index contributed by atoms with van der Waals surface area (Å²) in [5.41, 5.74) is 7.00. The van der Waals surface area contributed by atoms with E-state index in [-0.39, 0.29) is 5.78 Å². The number of ether oxygens (including phenoxy) is 1. The molecule has 1 heterocycles. The molecule has 0 amide bonds. The molecule has 112 valence electrons. The zero-order chi connectivity index (χ0) is 15.1. The number of ketones is 1. The number of nitrogens with zero attached hydrogens (tertiary/aromatic N) is 3. The SMILES string of the molecule is CC(=O)c1ccccc1OCCn1cc(CCCN)nn1. The van der Waals surface area contributed by atoms with Gasteiger partial charge in [0.05, 0.1) is 17.8 Å². The fourth-order valence-electron chi connectivity index (χ4n) is 1.98. The van der Waals surface area contributed by atoms with E-state index in [0.29, 0.717) is 31.0 Å². The van der Waals surface area contributed by atoms with Crippen LogP contribution in [-0.4, -0.2) is 33.9 Å². The van der Waals surface area contributed by atoms with Gasteiger partial charge in [-0.15, -0.1) is 5.10 Å². The Morgan fingerprint density at radius 2 is 2.19 bits per heavy atom. The largest absolute Gasteiger partial charge is 0.491 e. The molecule has 2 N–H and O–H groups in total. The van der Waals surface area contributed by atoms with Crippen molar-refractivity contribution in [2.45, 2.75) is 26.3 Å². The van der Waals surface area contributed by atoms with Crippen molar-refractivity contribution in [3.8, 4) is 5.75 Å². The summed E-state index contributed by atoms with van der Waals surface area (Å²) >= 11 is 0. The van der Waals surface area contributed by atoms with Crippen LogP contribution in [0, 0.1) is 0 Å². The Balaban J connectivity index is 1.87. The first-order chi connectivity index (χ1) is 10.2. The zero-order valence-electron chi connectivity index (χ0n) is 12.2. The number of nitrogens with two attached hydrogens (primary N) is 1. The van der Waals surface area contributed by atoms with Gasteiger partial charge in [0, 0.05) is 6.20 Å². The van der Waals surface area contributed by atoms with Crippen LogP contribution < -0.4 is 10.5 Å². The van der Waals surface area contributed by atoms with Crippen molar-refractivity contribution in [3.63, 3.8) is 0 Å². The Bertz CT molecular complexity index is 595. The van der Waals surface area contributed by atoms with E-state index in [0.717, 1.165) is 18.5 Å². The average molecular weight is 288 g/mol. The molecule has 6 heteroatoms. The van der Waals surface area contributed by atoms with E-state index in [1.165, 1.54) is 6.92 Å². The highest BCUT2D eigenvalue weighted by Crippen LogP contribution is 2.18. The lowest BCUT2D eigenvalue weighted by Crippen LogP contribution is -2.10. The maximum Gasteiger partial charge on any atom is 0.163 e. The van der Waals surface area contributed by atoms with Gasteiger partial charge in [-0.05, 0) is 38.4 Å². The highest BCUT2D eigenvalue weighted by Gasteiger charge is 2.07. The van der Waals surface area contributed by atoms with Gasteiger partial charge in [-0.2, -0.15) is 0 Å². The molecule has 0 aliphatic heterocycles. The number of carbonyl (C=O) groups is 1. The Hall–Kier alpha value is -2.21. The standard InChI is InChI=1S/C15H20N4O2/c1-12(20)14-6-2-3-7-15(14)21-10-9-19-11-13(17-18-19)5-4-8-16/h2-3,6-7,11H,4-5,8-10,16H2,1H3. The second-order valence-electron chi connectivity index (χ2n) is 4.77. The summed E-state index contributed by atoms with van der Waals surface area (Å²) in [6, 6.07) is 7.23. The quantitative estimate of drug-likeness (QED) is 0.743. The average Bonchev–Trinajstić information content (AvgIpc) is 2.93. The number of hydrogen-bond acceptors (Lipinski definition) is 5. The van der Waals surface area contributed by atoms with Gasteiger partial charge in [0.15, 0.2) is 5.78 Å². The second-order valence-corrected chi connectivity index (χ2v) is 4.77. The Labute approximate surface area is 123 Å². The smallest absolute Gasteiger partial charge is 0.163 e. The molecule has 0 saturated carbocycles. The fourth-order valence-corrected chi connectivity index (χ4v) is 1.98. The van der Waals surface area contributed by atoms with Crippen molar-refractivity contribution in [3.05, 3.63) is 41.7 Å². The molecule has 1 aromatic carbocycles. The molecule has 0 spiro atoms. The molecule has 0 aliphatic carbocycles. The van der Waals surface area contributed by atoms with Crippen LogP contribution in [-0.2, 0) is 13.0 Å². The third-order valence-corrected chi connectivity index (χ3v) is 3.07. The normalized spacial score (nSPS) is 10.6. The van der Waals surface area contributed by atoms with Crippen LogP contribution in [0.4, 0.5) is 0 Å². The first-order valence-electron chi connectivity index (χ1n) is 7.02. The van der Waals surface area contributed by atoms with E-state index >= 15 is 0 Å². The van der Waals surface area contributed by atoms with E-state index in [4.69, 9.17) is 10.5 Å². The highest BCUT2D eigenvalue weighted by molar-refractivity contribution is 5.96. The summed E-state index contributed by atoms with van der Waals surface area (Å²) in [5, 5.41) is 8.11. The first kappa shape index (κ1) is 15.2. The van der Waals surface area contributed by atoms with E-state index in [1.807, 2.05) is 18.3 Å². The lowest BCUT2D eigenvalue weighted by Gasteiger charge is -2.09. The summed E-state index contributed by atoms with van der Waals surface area (Å²) in [6.07, 6.45) is 3.64. The number of aryl methyl sites for hydroxylation is 1. The van der Waals surface area contributed by atoms with E-state index in [1.54, 1.807) is 16.8 Å². The molecule has 21 heavy (non-hydrogen) atoms. The highest BCUT2D eigenvalue weighted by atomic mass is 16.5. The Kier molecular flexibility index (Phi) is 5.45. The number of aromatic nitrogens is 3. The molecular weight excluding hydrogens is 268 g/mol. The third kappa shape index (κ3) is 4.39. The minimum absolute atomic E-state index is 0.00423. The lowest BCUT2D eigenvalue weighted by molar-refractivity contribution is 0.101. The molecule has 0 fully saturated rings. The molecule has 0 radical (unpaired) electrons. The van der Waals surface area contributed by atoms with Crippen molar-refractivity contribution in [2.24, 2.45) is 5.73 Å². The van der Waals surface area contributed by atoms with Gasteiger partial charge in [0.25, 0.3) is 0 Å². The monoisotopic (exact) mass is 288 g/mol. The van der Waals surface area contributed by atoms with E-state index < -0.39 is 0 Å². The van der Waals surface area contributed by atoms with Crippen LogP contribution in [0.1, 0.15) is 29.4 Å². The molecular formula is C15H20N4O2. The predicted molar refractivity (Wildman–Crippen MR) is 79.3 cm³/mol. The fraction of sp³-hybridized carbons (Fsp3) is 0.400. The van der Waals surface area contributed by atoms with Crippen LogP contribution in [0.5, 0.6) is 5.75 Å². The van der Waals surface area contributed by atoms with Gasteiger partial charge in [-0.25, -0.2) is 4.68 Å². The molecule has 0 unspecified atom stereocenters. The van der Waals surface area contributed by atoms with Crippen LogP contribution in [0.2, 0.25) is 0 Å². The van der Waals surface area contributed by atoms with E-state index in [9.17, 15) is 4.79 Å². The van der Waals surface area contributed by atoms with Gasteiger partial charge in [-0.3, -0.25) is 4.79 Å². The van der Waals surface area contributed by atoms with Crippen LogP contribution in [0.25, 0.3) is 0 Å². The molecule has 1 aromatic heterocycles. The Morgan fingerprint density at radius 3 is 2.95 bits per heavy atom. The first-order valence-corrected chi connectivity index (χ1v) is 7.02. The van der Waals surface area contributed by atoms with Gasteiger partial charge < -0.3 is 10.5 Å². The Morgan fingerprint density at radius 1 is 1.38 bits per heavy atom. The number of hydrogen-bond donors (Lipinski definition) is 1. The molecule has 2 rings (SSSR count). The molecule has 0 saturated heterocycles.